The number of fused-ring (bicyclic) bond motifs is 1. The molecule has 1 saturated heterocycles. The number of carbonyl (C=O) groups is 1. The molecule has 1 unspecified atom stereocenters. The number of nitrogens with zero attached hydrogens (tertiary/aromatic N) is 2. The Hall–Kier alpha value is -1.75. The van der Waals surface area contributed by atoms with Crippen molar-refractivity contribution in [2.75, 3.05) is 26.9 Å². The summed E-state index contributed by atoms with van der Waals surface area (Å²) in [5.41, 5.74) is 1.13. The van der Waals surface area contributed by atoms with E-state index in [1.54, 1.807) is 0 Å². The van der Waals surface area contributed by atoms with Gasteiger partial charge < -0.3 is 14.4 Å². The third-order valence-electron chi connectivity index (χ3n) is 4.71. The van der Waals surface area contributed by atoms with Crippen LogP contribution in [-0.4, -0.2) is 48.7 Å². The number of hydrogen-bond donors (Lipinski definition) is 0. The molecule has 2 heterocycles. The van der Waals surface area contributed by atoms with E-state index in [0.717, 1.165) is 49.4 Å². The number of ether oxygens (including phenoxy) is 2. The van der Waals surface area contributed by atoms with Gasteiger partial charge in [0.1, 0.15) is 0 Å². The van der Waals surface area contributed by atoms with Crippen LogP contribution in [0.1, 0.15) is 38.2 Å². The van der Waals surface area contributed by atoms with Gasteiger partial charge >= 0.3 is 0 Å². The Bertz CT molecular complexity index is 561. The van der Waals surface area contributed by atoms with E-state index in [1.165, 1.54) is 6.42 Å². The van der Waals surface area contributed by atoms with Crippen molar-refractivity contribution in [1.29, 1.82) is 0 Å². The molecule has 126 valence electrons. The van der Waals surface area contributed by atoms with E-state index < -0.39 is 0 Å². The zero-order chi connectivity index (χ0) is 16.2. The van der Waals surface area contributed by atoms with Gasteiger partial charge in [-0.2, -0.15) is 0 Å². The molecule has 0 bridgehead atoms. The Morgan fingerprint density at radius 2 is 2.13 bits per heavy atom. The van der Waals surface area contributed by atoms with E-state index in [4.69, 9.17) is 9.47 Å². The Kier molecular flexibility index (Phi) is 5.06. The lowest BCUT2D eigenvalue weighted by molar-refractivity contribution is -0.136. The summed E-state index contributed by atoms with van der Waals surface area (Å²) >= 11 is 0. The first-order valence-electron chi connectivity index (χ1n) is 8.54. The van der Waals surface area contributed by atoms with Crippen LogP contribution < -0.4 is 9.47 Å². The molecule has 1 aromatic rings. The Morgan fingerprint density at radius 1 is 1.30 bits per heavy atom. The van der Waals surface area contributed by atoms with Gasteiger partial charge in [-0.05, 0) is 50.4 Å². The highest BCUT2D eigenvalue weighted by Crippen LogP contribution is 2.32. The van der Waals surface area contributed by atoms with E-state index in [0.29, 0.717) is 19.4 Å². The van der Waals surface area contributed by atoms with Crippen molar-refractivity contribution < 1.29 is 14.3 Å². The predicted octanol–water partition coefficient (Wildman–Crippen LogP) is 2.64. The second kappa shape index (κ2) is 7.21. The van der Waals surface area contributed by atoms with Gasteiger partial charge in [-0.25, -0.2) is 0 Å². The zero-order valence-electron chi connectivity index (χ0n) is 14.1. The van der Waals surface area contributed by atoms with Crippen molar-refractivity contribution in [3.05, 3.63) is 23.8 Å². The van der Waals surface area contributed by atoms with E-state index in [1.807, 2.05) is 25.2 Å². The SMILES string of the molecule is CCC1CCCCN1C(=O)CN(C)Cc1ccc2c(c1)OCO2. The topological polar surface area (TPSA) is 42.0 Å². The number of carbonyl (C=O) groups excluding carboxylic acids is 1. The Morgan fingerprint density at radius 3 is 2.96 bits per heavy atom. The number of amides is 1. The summed E-state index contributed by atoms with van der Waals surface area (Å²) in [6.45, 7) is 4.57. The molecule has 5 nitrogen and oxygen atoms in total. The summed E-state index contributed by atoms with van der Waals surface area (Å²) in [6, 6.07) is 6.39. The molecule has 1 aromatic carbocycles. The van der Waals surface area contributed by atoms with Crippen molar-refractivity contribution in [2.45, 2.75) is 45.2 Å². The molecule has 0 N–H and O–H groups in total. The molecule has 0 saturated carbocycles. The first kappa shape index (κ1) is 16.1. The first-order chi connectivity index (χ1) is 11.2. The molecule has 23 heavy (non-hydrogen) atoms. The van der Waals surface area contributed by atoms with Gasteiger partial charge in [0, 0.05) is 19.1 Å². The van der Waals surface area contributed by atoms with Crippen LogP contribution in [0.2, 0.25) is 0 Å². The summed E-state index contributed by atoms with van der Waals surface area (Å²) in [6.07, 6.45) is 4.58. The fraction of sp³-hybridized carbons (Fsp3) is 0.611. The predicted molar refractivity (Wildman–Crippen MR) is 88.5 cm³/mol. The highest BCUT2D eigenvalue weighted by atomic mass is 16.7. The second-order valence-electron chi connectivity index (χ2n) is 6.50. The summed E-state index contributed by atoms with van der Waals surface area (Å²) in [5, 5.41) is 0. The molecule has 1 amide bonds. The Balaban J connectivity index is 1.56. The van der Waals surface area contributed by atoms with Crippen LogP contribution in [0.3, 0.4) is 0 Å². The number of likely N-dealkylation sites (tertiary alicyclic amines) is 1. The average Bonchev–Trinajstić information content (AvgIpc) is 3.02. The molecule has 0 aliphatic carbocycles. The van der Waals surface area contributed by atoms with Crippen molar-refractivity contribution in [3.8, 4) is 11.5 Å². The second-order valence-corrected chi connectivity index (χ2v) is 6.50. The van der Waals surface area contributed by atoms with Gasteiger partial charge in [0.25, 0.3) is 0 Å². The van der Waals surface area contributed by atoms with Gasteiger partial charge in [-0.3, -0.25) is 9.69 Å². The molecular weight excluding hydrogens is 292 g/mol. The van der Waals surface area contributed by atoms with Crippen molar-refractivity contribution >= 4 is 5.91 Å². The molecule has 0 aromatic heterocycles. The van der Waals surface area contributed by atoms with E-state index in [9.17, 15) is 4.79 Å². The lowest BCUT2D eigenvalue weighted by atomic mass is 10.00. The third kappa shape index (κ3) is 3.78. The first-order valence-corrected chi connectivity index (χ1v) is 8.54. The lowest BCUT2D eigenvalue weighted by Gasteiger charge is -2.36. The summed E-state index contributed by atoms with van der Waals surface area (Å²) < 4.78 is 10.7. The fourth-order valence-electron chi connectivity index (χ4n) is 3.48. The minimum Gasteiger partial charge on any atom is -0.454 e. The molecule has 2 aliphatic heterocycles. The van der Waals surface area contributed by atoms with Crippen LogP contribution >= 0.6 is 0 Å². The number of likely N-dealkylation sites (N-methyl/N-ethyl adjacent to an activating group) is 1. The molecule has 1 fully saturated rings. The Labute approximate surface area is 138 Å². The fourth-order valence-corrected chi connectivity index (χ4v) is 3.48. The van der Waals surface area contributed by atoms with Crippen LogP contribution in [0.4, 0.5) is 0 Å². The van der Waals surface area contributed by atoms with Crippen molar-refractivity contribution in [2.24, 2.45) is 0 Å². The summed E-state index contributed by atoms with van der Waals surface area (Å²) in [4.78, 5) is 16.7. The summed E-state index contributed by atoms with van der Waals surface area (Å²) in [7, 11) is 1.99. The quantitative estimate of drug-likeness (QED) is 0.837. The molecule has 3 rings (SSSR count). The average molecular weight is 318 g/mol. The normalized spacial score (nSPS) is 20.1. The van der Waals surface area contributed by atoms with Crippen molar-refractivity contribution in [3.63, 3.8) is 0 Å². The van der Waals surface area contributed by atoms with Crippen LogP contribution in [0.5, 0.6) is 11.5 Å². The van der Waals surface area contributed by atoms with Gasteiger partial charge in [0.05, 0.1) is 6.54 Å². The smallest absolute Gasteiger partial charge is 0.236 e. The maximum absolute atomic E-state index is 12.6. The largest absolute Gasteiger partial charge is 0.454 e. The number of piperidine rings is 1. The van der Waals surface area contributed by atoms with Crippen LogP contribution in [0.15, 0.2) is 18.2 Å². The molecular formula is C18H26N2O3. The summed E-state index contributed by atoms with van der Waals surface area (Å²) in [5.74, 6) is 1.84. The lowest BCUT2D eigenvalue weighted by Crippen LogP contribution is -2.47. The third-order valence-corrected chi connectivity index (χ3v) is 4.71. The monoisotopic (exact) mass is 318 g/mol. The van der Waals surface area contributed by atoms with E-state index >= 15 is 0 Å². The van der Waals surface area contributed by atoms with E-state index in [2.05, 4.69) is 16.7 Å². The number of rotatable bonds is 5. The highest BCUT2D eigenvalue weighted by Gasteiger charge is 2.25. The molecule has 0 radical (unpaired) electrons. The minimum atomic E-state index is 0.250. The highest BCUT2D eigenvalue weighted by molar-refractivity contribution is 5.78. The molecule has 1 atom stereocenters. The number of hydrogen-bond acceptors (Lipinski definition) is 4. The van der Waals surface area contributed by atoms with Crippen LogP contribution in [-0.2, 0) is 11.3 Å². The van der Waals surface area contributed by atoms with Crippen LogP contribution in [0.25, 0.3) is 0 Å². The minimum absolute atomic E-state index is 0.250. The maximum Gasteiger partial charge on any atom is 0.236 e. The van der Waals surface area contributed by atoms with E-state index in [-0.39, 0.29) is 5.91 Å². The van der Waals surface area contributed by atoms with Crippen LogP contribution in [0, 0.1) is 0 Å². The zero-order valence-corrected chi connectivity index (χ0v) is 14.1. The van der Waals surface area contributed by atoms with Gasteiger partial charge in [-0.1, -0.05) is 13.0 Å². The standard InChI is InChI=1S/C18H26N2O3/c1-3-15-6-4-5-9-20(15)18(21)12-19(2)11-14-7-8-16-17(10-14)23-13-22-16/h7-8,10,15H,3-6,9,11-13H2,1-2H3. The van der Waals surface area contributed by atoms with Crippen molar-refractivity contribution in [1.82, 2.24) is 9.80 Å². The number of benzene rings is 1. The van der Waals surface area contributed by atoms with Gasteiger partial charge in [0.2, 0.25) is 12.7 Å². The maximum atomic E-state index is 12.6. The molecule has 0 spiro atoms. The molecule has 2 aliphatic rings. The molecule has 5 heteroatoms. The van der Waals surface area contributed by atoms with Gasteiger partial charge in [0.15, 0.2) is 11.5 Å². The van der Waals surface area contributed by atoms with Gasteiger partial charge in [-0.15, -0.1) is 0 Å².